The third kappa shape index (κ3) is 10.4. The smallest absolute Gasteiger partial charge is 0.331 e. The molecule has 9 rings (SSSR count). The largest absolute Gasteiger partial charge is 0.458 e. The molecule has 8 aliphatic rings. The van der Waals surface area contributed by atoms with E-state index < -0.39 is 144 Å². The van der Waals surface area contributed by atoms with Crippen molar-refractivity contribution in [3.05, 3.63) is 53.6 Å². The van der Waals surface area contributed by atoms with Crippen molar-refractivity contribution in [3.63, 3.8) is 0 Å². The van der Waals surface area contributed by atoms with Crippen molar-refractivity contribution in [2.45, 2.75) is 241 Å². The summed E-state index contributed by atoms with van der Waals surface area (Å²) < 4.78 is 68.2. The van der Waals surface area contributed by atoms with E-state index in [1.807, 2.05) is 44.2 Å². The molecule has 5 N–H and O–H groups in total. The van der Waals surface area contributed by atoms with Gasteiger partial charge in [0, 0.05) is 63.2 Å². The Morgan fingerprint density at radius 3 is 1.84 bits per heavy atom. The standard InChI is InChI=1S/C56H82O18/c1-29(57)37-19-22-56(63)54(37,7)43(71-44(60)16-15-34-13-11-10-12-14-34)28-42-53(6)20-18-36(23-35(53)17-21-55(42,56)62)70-47-27-41(65-9)52(33(5)69-47)74-46-25-39(59)50(31(3)68-46)72-45-24-38(58)51(32(4)67-45)73-48-26-40(64-8)49(61)30(2)66-48/h10-17,30-33,36-43,45-52,58-59,61-63H,18-28H2,1-9H3. The first kappa shape index (κ1) is 56.0. The SMILES string of the molecule is COC1CC(OC2C(O)CC(OC3C(O)CC(OC4C(C)OC(OC5CCC6(C)C(=CCC7(O)C6CC(OC(=O)C=Cc6ccccc6)C6(C)C(C(C)=O)CCC76O)C5)CC4OC)OC3C)OC2C)OC(C)C1O. The molecule has 74 heavy (non-hydrogen) atoms. The molecule has 24 unspecified atom stereocenters. The lowest BCUT2D eigenvalue weighted by Crippen LogP contribution is -2.75. The first-order valence-corrected chi connectivity index (χ1v) is 27.0. The number of hydrogen-bond acceptors (Lipinski definition) is 18. The number of benzene rings is 1. The van der Waals surface area contributed by atoms with Crippen LogP contribution in [-0.4, -0.2) is 173 Å². The molecule has 0 spiro atoms. The Hall–Kier alpha value is -2.76. The molecule has 414 valence electrons. The molecule has 24 atom stereocenters. The molecule has 0 aromatic heterocycles. The number of ether oxygens (including phenoxy) is 11. The molecule has 0 bridgehead atoms. The second-order valence-electron chi connectivity index (χ2n) is 23.1. The van der Waals surface area contributed by atoms with Crippen molar-refractivity contribution in [1.29, 1.82) is 0 Å². The number of aliphatic hydroxyl groups is 5. The third-order valence-electron chi connectivity index (χ3n) is 18.8. The molecule has 0 amide bonds. The number of ketones is 1. The van der Waals surface area contributed by atoms with Gasteiger partial charge < -0.3 is 77.6 Å². The van der Waals surface area contributed by atoms with E-state index in [-0.39, 0.29) is 44.0 Å². The fourth-order valence-electron chi connectivity index (χ4n) is 14.6. The van der Waals surface area contributed by atoms with E-state index in [4.69, 9.17) is 52.1 Å². The minimum atomic E-state index is -1.69. The zero-order valence-electron chi connectivity index (χ0n) is 44.5. The van der Waals surface area contributed by atoms with Crippen LogP contribution < -0.4 is 0 Å². The normalized spacial score (nSPS) is 48.5. The highest BCUT2D eigenvalue weighted by atomic mass is 16.8. The zero-order chi connectivity index (χ0) is 53.1. The van der Waals surface area contributed by atoms with Gasteiger partial charge in [0.05, 0.1) is 54.9 Å². The number of fused-ring (bicyclic) bond motifs is 5. The van der Waals surface area contributed by atoms with Gasteiger partial charge in [-0.1, -0.05) is 55.8 Å². The average molecular weight is 1040 g/mol. The van der Waals surface area contributed by atoms with Crippen molar-refractivity contribution in [3.8, 4) is 0 Å². The monoisotopic (exact) mass is 1040 g/mol. The van der Waals surface area contributed by atoms with Gasteiger partial charge in [-0.05, 0) is 96.6 Å². The van der Waals surface area contributed by atoms with Crippen LogP contribution in [0.5, 0.6) is 0 Å². The molecule has 4 saturated heterocycles. The maximum absolute atomic E-state index is 13.6. The highest BCUT2D eigenvalue weighted by molar-refractivity contribution is 5.87. The van der Waals surface area contributed by atoms with Crippen molar-refractivity contribution in [2.75, 3.05) is 14.2 Å². The molecule has 4 heterocycles. The summed E-state index contributed by atoms with van der Waals surface area (Å²) in [6.07, 6.45) is -2.96. The Labute approximate surface area is 435 Å². The second kappa shape index (κ2) is 22.2. The molecule has 18 nitrogen and oxygen atoms in total. The quantitative estimate of drug-likeness (QED) is 0.0955. The van der Waals surface area contributed by atoms with Crippen molar-refractivity contribution in [2.24, 2.45) is 22.7 Å². The number of rotatable bonds is 14. The molecular formula is C56H82O18. The minimum absolute atomic E-state index is 0.0849. The van der Waals surface area contributed by atoms with Crippen LogP contribution in [0.2, 0.25) is 0 Å². The van der Waals surface area contributed by atoms with Gasteiger partial charge in [0.15, 0.2) is 25.2 Å². The van der Waals surface area contributed by atoms with E-state index in [9.17, 15) is 35.1 Å². The van der Waals surface area contributed by atoms with Crippen LogP contribution in [0.15, 0.2) is 48.1 Å². The van der Waals surface area contributed by atoms with Gasteiger partial charge in [-0.25, -0.2) is 4.79 Å². The van der Waals surface area contributed by atoms with Crippen molar-refractivity contribution < 1.29 is 87.2 Å². The van der Waals surface area contributed by atoms with E-state index >= 15 is 0 Å². The fourth-order valence-corrected chi connectivity index (χ4v) is 14.6. The summed E-state index contributed by atoms with van der Waals surface area (Å²) >= 11 is 0. The predicted octanol–water partition coefficient (Wildman–Crippen LogP) is 4.81. The first-order chi connectivity index (χ1) is 35.1. The highest BCUT2D eigenvalue weighted by Crippen LogP contribution is 2.70. The summed E-state index contributed by atoms with van der Waals surface area (Å²) in [5.74, 6) is -1.72. The molecule has 0 radical (unpaired) electrons. The lowest BCUT2D eigenvalue weighted by Gasteiger charge is -2.66. The zero-order valence-corrected chi connectivity index (χ0v) is 44.5. The number of Topliss-reactive ketones (excluding diaryl/α,β-unsaturated/α-hetero) is 1. The number of esters is 1. The average Bonchev–Trinajstić information content (AvgIpc) is 3.66. The summed E-state index contributed by atoms with van der Waals surface area (Å²) in [5, 5.41) is 58.8. The number of carbonyl (C=O) groups excluding carboxylic acids is 2. The van der Waals surface area contributed by atoms with E-state index in [1.165, 1.54) is 20.1 Å². The van der Waals surface area contributed by atoms with Crippen LogP contribution in [0.3, 0.4) is 0 Å². The van der Waals surface area contributed by atoms with E-state index in [1.54, 1.807) is 34.0 Å². The Morgan fingerprint density at radius 2 is 1.24 bits per heavy atom. The Balaban J connectivity index is 0.790. The van der Waals surface area contributed by atoms with Gasteiger partial charge in [0.25, 0.3) is 0 Å². The van der Waals surface area contributed by atoms with Crippen LogP contribution >= 0.6 is 0 Å². The van der Waals surface area contributed by atoms with E-state index in [2.05, 4.69) is 13.0 Å². The molecule has 4 aliphatic carbocycles. The van der Waals surface area contributed by atoms with Gasteiger partial charge in [-0.3, -0.25) is 4.79 Å². The molecular weight excluding hydrogens is 961 g/mol. The maximum atomic E-state index is 13.6. The summed E-state index contributed by atoms with van der Waals surface area (Å²) in [4.78, 5) is 26.8. The molecule has 7 fully saturated rings. The first-order valence-electron chi connectivity index (χ1n) is 27.0. The van der Waals surface area contributed by atoms with Gasteiger partial charge in [-0.15, -0.1) is 0 Å². The maximum Gasteiger partial charge on any atom is 0.331 e. The Kier molecular flexibility index (Phi) is 16.8. The summed E-state index contributed by atoms with van der Waals surface area (Å²) in [7, 11) is 3.14. The van der Waals surface area contributed by atoms with Crippen molar-refractivity contribution >= 4 is 17.8 Å². The topological polar surface area (TPSA) is 237 Å². The van der Waals surface area contributed by atoms with Crippen LogP contribution in [-0.2, 0) is 61.7 Å². The molecule has 3 saturated carbocycles. The Morgan fingerprint density at radius 1 is 0.689 bits per heavy atom. The lowest BCUT2D eigenvalue weighted by atomic mass is 9.43. The minimum Gasteiger partial charge on any atom is -0.458 e. The van der Waals surface area contributed by atoms with Gasteiger partial charge >= 0.3 is 5.97 Å². The van der Waals surface area contributed by atoms with Crippen LogP contribution in [0.25, 0.3) is 6.08 Å². The van der Waals surface area contributed by atoms with Crippen LogP contribution in [0, 0.1) is 22.7 Å². The number of hydrogen-bond donors (Lipinski definition) is 5. The summed E-state index contributed by atoms with van der Waals surface area (Å²) in [6, 6.07) is 9.44. The second-order valence-corrected chi connectivity index (χ2v) is 23.1. The van der Waals surface area contributed by atoms with Gasteiger partial charge in [0.1, 0.15) is 47.5 Å². The molecule has 1 aromatic carbocycles. The third-order valence-corrected chi connectivity index (χ3v) is 18.8. The summed E-state index contributed by atoms with van der Waals surface area (Å²) in [5.41, 5.74) is -3.07. The molecule has 4 aliphatic heterocycles. The number of carbonyl (C=O) groups is 2. The van der Waals surface area contributed by atoms with E-state index in [0.717, 1.165) is 11.1 Å². The van der Waals surface area contributed by atoms with E-state index in [0.29, 0.717) is 38.5 Å². The fraction of sp³-hybridized carbons (Fsp3) is 0.786. The molecule has 18 heteroatoms. The number of aliphatic hydroxyl groups excluding tert-OH is 3. The molecule has 1 aromatic rings. The Bertz CT molecular complexity index is 2150. The number of methoxy groups -OCH3 is 2. The van der Waals surface area contributed by atoms with Gasteiger partial charge in [0.2, 0.25) is 0 Å². The van der Waals surface area contributed by atoms with Crippen LogP contribution in [0.4, 0.5) is 0 Å². The van der Waals surface area contributed by atoms with Crippen molar-refractivity contribution in [1.82, 2.24) is 0 Å². The summed E-state index contributed by atoms with van der Waals surface area (Å²) in [6.45, 7) is 12.7. The highest BCUT2D eigenvalue weighted by Gasteiger charge is 2.77. The lowest BCUT2D eigenvalue weighted by molar-refractivity contribution is -0.345. The predicted molar refractivity (Wildman–Crippen MR) is 264 cm³/mol. The van der Waals surface area contributed by atoms with Crippen LogP contribution in [0.1, 0.15) is 125 Å². The van der Waals surface area contributed by atoms with Gasteiger partial charge in [-0.2, -0.15) is 0 Å².